The summed E-state index contributed by atoms with van der Waals surface area (Å²) >= 11 is 0. The van der Waals surface area contributed by atoms with Crippen molar-refractivity contribution in [2.75, 3.05) is 13.2 Å². The second-order valence-electron chi connectivity index (χ2n) is 2.81. The fourth-order valence-electron chi connectivity index (χ4n) is 1.73. The molecule has 1 aliphatic carbocycles. The van der Waals surface area contributed by atoms with Gasteiger partial charge in [0.05, 0.1) is 18.8 Å². The Balaban J connectivity index is 1.97. The molecule has 0 N–H and O–H groups in total. The number of hydrogen-bond donors (Lipinski definition) is 0. The van der Waals surface area contributed by atoms with Crippen molar-refractivity contribution in [1.82, 2.24) is 5.32 Å². The third-order valence-corrected chi connectivity index (χ3v) is 2.20. The van der Waals surface area contributed by atoms with E-state index in [0.29, 0.717) is 12.1 Å². The maximum absolute atomic E-state index is 5.51. The average molecular weight is 126 g/mol. The zero-order valence-corrected chi connectivity index (χ0v) is 5.55. The molecule has 51 valence electrons. The summed E-state index contributed by atoms with van der Waals surface area (Å²) in [7, 11) is 0. The van der Waals surface area contributed by atoms with Gasteiger partial charge < -0.3 is 4.74 Å². The third kappa shape index (κ3) is 0.970. The zero-order chi connectivity index (χ0) is 6.10. The van der Waals surface area contributed by atoms with Gasteiger partial charge in [-0.15, -0.1) is 0 Å². The summed E-state index contributed by atoms with van der Waals surface area (Å²) in [6, 6.07) is 0.568. The normalized spacial score (nSPS) is 42.7. The molecule has 2 nitrogen and oxygen atoms in total. The van der Waals surface area contributed by atoms with Gasteiger partial charge in [-0.3, -0.25) is 0 Å². The summed E-state index contributed by atoms with van der Waals surface area (Å²) in [4.78, 5) is 0. The van der Waals surface area contributed by atoms with Crippen LogP contribution in [0.1, 0.15) is 19.3 Å². The molecule has 0 aromatic carbocycles. The highest BCUT2D eigenvalue weighted by molar-refractivity contribution is 4.85. The molecule has 0 spiro atoms. The molecular formula is C7H12NO. The Hall–Kier alpha value is -0.0800. The van der Waals surface area contributed by atoms with Crippen LogP contribution in [-0.2, 0) is 4.74 Å². The molecule has 2 rings (SSSR count). The molecule has 0 amide bonds. The molecule has 1 radical (unpaired) electrons. The van der Waals surface area contributed by atoms with Gasteiger partial charge in [-0.2, -0.15) is 0 Å². The minimum atomic E-state index is 0.499. The van der Waals surface area contributed by atoms with Crippen LogP contribution in [0, 0.1) is 0 Å². The van der Waals surface area contributed by atoms with E-state index >= 15 is 0 Å². The Bertz CT molecular complexity index is 93.1. The first-order valence-electron chi connectivity index (χ1n) is 3.75. The van der Waals surface area contributed by atoms with E-state index in [2.05, 4.69) is 5.32 Å². The van der Waals surface area contributed by atoms with Gasteiger partial charge in [0.1, 0.15) is 0 Å². The smallest absolute Gasteiger partial charge is 0.0745 e. The van der Waals surface area contributed by atoms with Crippen LogP contribution >= 0.6 is 0 Å². The molecule has 1 saturated carbocycles. The lowest BCUT2D eigenvalue weighted by atomic mass is 10.2. The molecule has 2 heteroatoms. The van der Waals surface area contributed by atoms with Crippen LogP contribution in [0.5, 0.6) is 0 Å². The highest BCUT2D eigenvalue weighted by Gasteiger charge is 2.30. The Morgan fingerprint density at radius 2 is 2.33 bits per heavy atom. The van der Waals surface area contributed by atoms with E-state index < -0.39 is 0 Å². The van der Waals surface area contributed by atoms with Crippen LogP contribution in [0.3, 0.4) is 0 Å². The predicted octanol–water partition coefficient (Wildman–Crippen LogP) is 0.542. The van der Waals surface area contributed by atoms with Crippen molar-refractivity contribution in [3.63, 3.8) is 0 Å². The average Bonchev–Trinajstić information content (AvgIpc) is 2.33. The Morgan fingerprint density at radius 1 is 1.33 bits per heavy atom. The number of fused-ring (bicyclic) bond motifs is 1. The fraction of sp³-hybridized carbons (Fsp3) is 1.00. The molecule has 0 aromatic rings. The largest absolute Gasteiger partial charge is 0.375 e. The van der Waals surface area contributed by atoms with Gasteiger partial charge in [-0.25, -0.2) is 5.32 Å². The molecule has 2 fully saturated rings. The highest BCUT2D eigenvalue weighted by atomic mass is 16.5. The molecule has 2 unspecified atom stereocenters. The molecular weight excluding hydrogens is 114 g/mol. The minimum Gasteiger partial charge on any atom is -0.375 e. The molecule has 0 bridgehead atoms. The first kappa shape index (κ1) is 5.69. The number of hydrogen-bond acceptors (Lipinski definition) is 1. The zero-order valence-electron chi connectivity index (χ0n) is 5.55. The molecule has 0 aromatic heterocycles. The fourth-order valence-corrected chi connectivity index (χ4v) is 1.73. The Kier molecular flexibility index (Phi) is 1.44. The second kappa shape index (κ2) is 2.27. The standard InChI is InChI=1S/C7H12NO/c1-2-6-7(3-1)9-5-4-8-6/h6-7H,1-5H2. The van der Waals surface area contributed by atoms with Crippen molar-refractivity contribution in [3.8, 4) is 0 Å². The van der Waals surface area contributed by atoms with Crippen molar-refractivity contribution in [2.24, 2.45) is 0 Å². The van der Waals surface area contributed by atoms with Crippen LogP contribution in [0.25, 0.3) is 0 Å². The first-order chi connectivity index (χ1) is 4.47. The van der Waals surface area contributed by atoms with Crippen molar-refractivity contribution in [3.05, 3.63) is 0 Å². The van der Waals surface area contributed by atoms with E-state index in [0.717, 1.165) is 13.2 Å². The molecule has 1 heterocycles. The van der Waals surface area contributed by atoms with E-state index in [1.807, 2.05) is 0 Å². The summed E-state index contributed by atoms with van der Waals surface area (Å²) < 4.78 is 5.51. The van der Waals surface area contributed by atoms with Gasteiger partial charge in [0.15, 0.2) is 0 Å². The van der Waals surface area contributed by atoms with Gasteiger partial charge in [-0.05, 0) is 19.3 Å². The quantitative estimate of drug-likeness (QED) is 0.464. The highest BCUT2D eigenvalue weighted by Crippen LogP contribution is 2.24. The lowest BCUT2D eigenvalue weighted by Crippen LogP contribution is -2.40. The first-order valence-corrected chi connectivity index (χ1v) is 3.75. The van der Waals surface area contributed by atoms with Crippen molar-refractivity contribution >= 4 is 0 Å². The Labute approximate surface area is 55.6 Å². The molecule has 1 saturated heterocycles. The van der Waals surface area contributed by atoms with Crippen molar-refractivity contribution < 1.29 is 4.74 Å². The predicted molar refractivity (Wildman–Crippen MR) is 34.4 cm³/mol. The number of ether oxygens (including phenoxy) is 1. The molecule has 9 heavy (non-hydrogen) atoms. The summed E-state index contributed by atoms with van der Waals surface area (Å²) in [6.45, 7) is 1.79. The van der Waals surface area contributed by atoms with Crippen LogP contribution in [0.15, 0.2) is 0 Å². The monoisotopic (exact) mass is 126 g/mol. The minimum absolute atomic E-state index is 0.499. The lowest BCUT2D eigenvalue weighted by Gasteiger charge is -2.24. The third-order valence-electron chi connectivity index (χ3n) is 2.20. The van der Waals surface area contributed by atoms with E-state index in [9.17, 15) is 0 Å². The lowest BCUT2D eigenvalue weighted by molar-refractivity contribution is 0.00943. The van der Waals surface area contributed by atoms with E-state index in [4.69, 9.17) is 4.74 Å². The summed E-state index contributed by atoms with van der Waals surface area (Å²) in [5.41, 5.74) is 0. The number of morpholine rings is 1. The Morgan fingerprint density at radius 3 is 3.22 bits per heavy atom. The van der Waals surface area contributed by atoms with E-state index in [-0.39, 0.29) is 0 Å². The van der Waals surface area contributed by atoms with Crippen LogP contribution in [0.4, 0.5) is 0 Å². The van der Waals surface area contributed by atoms with Gasteiger partial charge in [0.25, 0.3) is 0 Å². The molecule has 1 aliphatic heterocycles. The van der Waals surface area contributed by atoms with E-state index in [1.165, 1.54) is 19.3 Å². The topological polar surface area (TPSA) is 23.3 Å². The van der Waals surface area contributed by atoms with Gasteiger partial charge in [0.2, 0.25) is 0 Å². The van der Waals surface area contributed by atoms with Crippen molar-refractivity contribution in [1.29, 1.82) is 0 Å². The van der Waals surface area contributed by atoms with Crippen molar-refractivity contribution in [2.45, 2.75) is 31.4 Å². The number of nitrogens with zero attached hydrogens (tertiary/aromatic N) is 1. The van der Waals surface area contributed by atoms with Crippen LogP contribution in [0.2, 0.25) is 0 Å². The van der Waals surface area contributed by atoms with Gasteiger partial charge >= 0.3 is 0 Å². The second-order valence-corrected chi connectivity index (χ2v) is 2.81. The summed E-state index contributed by atoms with van der Waals surface area (Å²) in [5, 5.41) is 4.47. The molecule has 2 aliphatic rings. The summed E-state index contributed by atoms with van der Waals surface area (Å²) in [5.74, 6) is 0. The van der Waals surface area contributed by atoms with Crippen LogP contribution < -0.4 is 5.32 Å². The van der Waals surface area contributed by atoms with Crippen LogP contribution in [-0.4, -0.2) is 25.3 Å². The summed E-state index contributed by atoms with van der Waals surface area (Å²) in [6.07, 6.45) is 4.33. The SMILES string of the molecule is C1CC2[N]CCOC2C1. The molecule has 2 atom stereocenters. The maximum atomic E-state index is 5.51. The number of rotatable bonds is 0. The van der Waals surface area contributed by atoms with E-state index in [1.54, 1.807) is 0 Å². The van der Waals surface area contributed by atoms with Gasteiger partial charge in [0, 0.05) is 6.54 Å². The maximum Gasteiger partial charge on any atom is 0.0745 e. The van der Waals surface area contributed by atoms with Gasteiger partial charge in [-0.1, -0.05) is 0 Å².